The molecule has 0 aliphatic heterocycles. The van der Waals surface area contributed by atoms with Crippen LogP contribution < -0.4 is 5.32 Å². The number of thiazole rings is 1. The van der Waals surface area contributed by atoms with Gasteiger partial charge in [-0.05, 0) is 18.2 Å². The lowest BCUT2D eigenvalue weighted by molar-refractivity contribution is -0.384. The van der Waals surface area contributed by atoms with Crippen LogP contribution in [0, 0.1) is 27.3 Å². The molecule has 1 aromatic heterocycles. The Morgan fingerprint density at radius 2 is 2.19 bits per heavy atom. The summed E-state index contributed by atoms with van der Waals surface area (Å²) in [4.78, 5) is 14.6. The van der Waals surface area contributed by atoms with Crippen molar-refractivity contribution in [1.29, 1.82) is 5.26 Å². The van der Waals surface area contributed by atoms with Gasteiger partial charge in [-0.1, -0.05) is 28.1 Å². The van der Waals surface area contributed by atoms with Gasteiger partial charge in [0.15, 0.2) is 0 Å². The van der Waals surface area contributed by atoms with E-state index in [2.05, 4.69) is 26.2 Å². The molecule has 0 aliphatic rings. The van der Waals surface area contributed by atoms with Gasteiger partial charge < -0.3 is 5.32 Å². The first-order valence-electron chi connectivity index (χ1n) is 7.50. The highest BCUT2D eigenvalue weighted by molar-refractivity contribution is 9.10. The third-order valence-electron chi connectivity index (χ3n) is 3.51. The molecule has 0 aliphatic carbocycles. The average Bonchev–Trinajstić information content (AvgIpc) is 3.13. The first kappa shape index (κ1) is 18.7. The minimum atomic E-state index is -0.664. The van der Waals surface area contributed by atoms with Gasteiger partial charge in [0.2, 0.25) is 0 Å². The highest BCUT2D eigenvalue weighted by Gasteiger charge is 2.12. The molecule has 9 heteroatoms. The molecule has 6 nitrogen and oxygen atoms in total. The average molecular weight is 445 g/mol. The van der Waals surface area contributed by atoms with E-state index in [1.165, 1.54) is 17.5 Å². The fourth-order valence-corrected chi connectivity index (χ4v) is 3.40. The monoisotopic (exact) mass is 444 g/mol. The van der Waals surface area contributed by atoms with Crippen molar-refractivity contribution in [2.45, 2.75) is 0 Å². The predicted octanol–water partition coefficient (Wildman–Crippen LogP) is 5.60. The van der Waals surface area contributed by atoms with Gasteiger partial charge in [0.1, 0.15) is 22.5 Å². The normalized spacial score (nSPS) is 11.1. The van der Waals surface area contributed by atoms with Crippen molar-refractivity contribution in [3.63, 3.8) is 0 Å². The summed E-state index contributed by atoms with van der Waals surface area (Å²) in [6.07, 6.45) is 1.28. The van der Waals surface area contributed by atoms with Gasteiger partial charge in [-0.15, -0.1) is 11.3 Å². The van der Waals surface area contributed by atoms with Gasteiger partial charge in [-0.3, -0.25) is 10.1 Å². The summed E-state index contributed by atoms with van der Waals surface area (Å²) in [6, 6.07) is 12.7. The molecule has 0 radical (unpaired) electrons. The van der Waals surface area contributed by atoms with E-state index in [4.69, 9.17) is 0 Å². The largest absolute Gasteiger partial charge is 0.358 e. The Bertz CT molecular complexity index is 1090. The zero-order chi connectivity index (χ0) is 19.4. The molecule has 0 spiro atoms. The molecule has 0 fully saturated rings. The summed E-state index contributed by atoms with van der Waals surface area (Å²) in [7, 11) is 0. The molecule has 27 heavy (non-hydrogen) atoms. The Labute approximate surface area is 165 Å². The van der Waals surface area contributed by atoms with E-state index in [1.54, 1.807) is 0 Å². The number of nitrogens with zero attached hydrogens (tertiary/aromatic N) is 3. The lowest BCUT2D eigenvalue weighted by Crippen LogP contribution is -1.96. The number of benzene rings is 2. The molecule has 134 valence electrons. The van der Waals surface area contributed by atoms with Crippen molar-refractivity contribution < 1.29 is 9.31 Å². The van der Waals surface area contributed by atoms with Crippen LogP contribution in [0.15, 0.2) is 58.5 Å². The summed E-state index contributed by atoms with van der Waals surface area (Å²) in [6.45, 7) is 0. The summed E-state index contributed by atoms with van der Waals surface area (Å²) < 4.78 is 14.7. The fourth-order valence-electron chi connectivity index (χ4n) is 2.21. The Morgan fingerprint density at radius 1 is 1.37 bits per heavy atom. The van der Waals surface area contributed by atoms with Gasteiger partial charge in [0.05, 0.1) is 16.3 Å². The molecule has 0 bridgehead atoms. The second-order valence-corrected chi connectivity index (χ2v) is 7.06. The quantitative estimate of drug-likeness (QED) is 0.314. The molecule has 2 aromatic carbocycles. The zero-order valence-electron chi connectivity index (χ0n) is 13.5. The summed E-state index contributed by atoms with van der Waals surface area (Å²) in [5.41, 5.74) is 1.44. The highest BCUT2D eigenvalue weighted by atomic mass is 79.9. The Morgan fingerprint density at radius 3 is 2.89 bits per heavy atom. The van der Waals surface area contributed by atoms with Crippen molar-refractivity contribution >= 4 is 44.2 Å². The zero-order valence-corrected chi connectivity index (χ0v) is 15.9. The second kappa shape index (κ2) is 8.07. The van der Waals surface area contributed by atoms with E-state index in [0.717, 1.165) is 28.2 Å². The SMILES string of the molecule is N#C/C(=C\Nc1cc([N+](=O)[O-])ccc1F)c1nc(-c2cccc(Br)c2)cs1. The maximum absolute atomic E-state index is 13.8. The van der Waals surface area contributed by atoms with Gasteiger partial charge in [-0.2, -0.15) is 5.26 Å². The van der Waals surface area contributed by atoms with Crippen molar-refractivity contribution in [1.82, 2.24) is 4.98 Å². The lowest BCUT2D eigenvalue weighted by Gasteiger charge is -2.03. The van der Waals surface area contributed by atoms with Gasteiger partial charge in [-0.25, -0.2) is 9.37 Å². The Balaban J connectivity index is 1.87. The molecule has 3 rings (SSSR count). The number of nitro groups is 1. The topological polar surface area (TPSA) is 91.8 Å². The Hall–Kier alpha value is -3.09. The van der Waals surface area contributed by atoms with E-state index in [1.807, 2.05) is 35.7 Å². The van der Waals surface area contributed by atoms with Crippen LogP contribution in [0.1, 0.15) is 5.01 Å². The standard InChI is InChI=1S/C18H10BrFN4O2S/c19-13-3-1-2-11(6-13)17-10-27-18(23-17)12(8-21)9-22-16-7-14(24(25)26)4-5-15(16)20/h1-7,9-10,22H/b12-9+. The molecular formula is C18H10BrFN4O2S. The molecule has 0 atom stereocenters. The molecule has 0 saturated carbocycles. The maximum Gasteiger partial charge on any atom is 0.271 e. The Kier molecular flexibility index (Phi) is 5.59. The summed E-state index contributed by atoms with van der Waals surface area (Å²) in [5.74, 6) is -0.664. The molecule has 3 aromatic rings. The second-order valence-electron chi connectivity index (χ2n) is 5.28. The number of hydrogen-bond acceptors (Lipinski definition) is 6. The fraction of sp³-hybridized carbons (Fsp3) is 0. The third-order valence-corrected chi connectivity index (χ3v) is 4.88. The van der Waals surface area contributed by atoms with Gasteiger partial charge in [0, 0.05) is 33.7 Å². The molecule has 1 heterocycles. The van der Waals surface area contributed by atoms with Crippen molar-refractivity contribution in [2.75, 3.05) is 5.32 Å². The van der Waals surface area contributed by atoms with E-state index in [0.29, 0.717) is 10.7 Å². The van der Waals surface area contributed by atoms with Crippen LogP contribution in [-0.4, -0.2) is 9.91 Å². The van der Waals surface area contributed by atoms with Gasteiger partial charge in [0.25, 0.3) is 5.69 Å². The van der Waals surface area contributed by atoms with Crippen molar-refractivity contribution in [3.05, 3.63) is 79.5 Å². The third kappa shape index (κ3) is 4.36. The number of nitro benzene ring substituents is 1. The first-order valence-corrected chi connectivity index (χ1v) is 9.18. The predicted molar refractivity (Wildman–Crippen MR) is 106 cm³/mol. The van der Waals surface area contributed by atoms with E-state index in [9.17, 15) is 19.8 Å². The number of nitriles is 1. The van der Waals surface area contributed by atoms with Crippen LogP contribution in [0.4, 0.5) is 15.8 Å². The molecular weight excluding hydrogens is 435 g/mol. The van der Waals surface area contributed by atoms with Crippen LogP contribution >= 0.6 is 27.3 Å². The van der Waals surface area contributed by atoms with Gasteiger partial charge >= 0.3 is 0 Å². The highest BCUT2D eigenvalue weighted by Crippen LogP contribution is 2.28. The van der Waals surface area contributed by atoms with Crippen molar-refractivity contribution in [3.8, 4) is 17.3 Å². The molecule has 0 unspecified atom stereocenters. The van der Waals surface area contributed by atoms with E-state index in [-0.39, 0.29) is 16.9 Å². The number of nitrogens with one attached hydrogen (secondary N) is 1. The van der Waals surface area contributed by atoms with E-state index < -0.39 is 10.7 Å². The minimum Gasteiger partial charge on any atom is -0.358 e. The molecule has 0 saturated heterocycles. The first-order chi connectivity index (χ1) is 13.0. The number of allylic oxidation sites excluding steroid dienone is 1. The smallest absolute Gasteiger partial charge is 0.271 e. The maximum atomic E-state index is 13.8. The van der Waals surface area contributed by atoms with Crippen LogP contribution in [0.25, 0.3) is 16.8 Å². The minimum absolute atomic E-state index is 0.0966. The lowest BCUT2D eigenvalue weighted by atomic mass is 10.2. The number of hydrogen-bond donors (Lipinski definition) is 1. The van der Waals surface area contributed by atoms with Crippen molar-refractivity contribution in [2.24, 2.45) is 0 Å². The summed E-state index contributed by atoms with van der Waals surface area (Å²) >= 11 is 4.67. The van der Waals surface area contributed by atoms with Crippen LogP contribution in [0.5, 0.6) is 0 Å². The number of halogens is 2. The summed E-state index contributed by atoms with van der Waals surface area (Å²) in [5, 5.41) is 25.1. The van der Waals surface area contributed by atoms with Crippen LogP contribution in [-0.2, 0) is 0 Å². The van der Waals surface area contributed by atoms with Crippen LogP contribution in [0.3, 0.4) is 0 Å². The molecule has 1 N–H and O–H groups in total. The number of non-ortho nitro benzene ring substituents is 1. The number of rotatable bonds is 5. The molecule has 0 amide bonds. The van der Waals surface area contributed by atoms with E-state index >= 15 is 0 Å². The number of aromatic nitrogens is 1. The number of anilines is 1. The van der Waals surface area contributed by atoms with Crippen LogP contribution in [0.2, 0.25) is 0 Å².